The van der Waals surface area contributed by atoms with Crippen molar-refractivity contribution in [3.8, 4) is 0 Å². The number of hydrogen-bond donors (Lipinski definition) is 3. The van der Waals surface area contributed by atoms with Gasteiger partial charge in [0.05, 0.1) is 11.4 Å². The highest BCUT2D eigenvalue weighted by Gasteiger charge is 2.24. The molecule has 0 aromatic heterocycles. The highest BCUT2D eigenvalue weighted by molar-refractivity contribution is 14.0. The number of rotatable bonds is 8. The van der Waals surface area contributed by atoms with Gasteiger partial charge < -0.3 is 15.5 Å². The molecule has 9 heteroatoms. The average molecular weight is 566 g/mol. The molecule has 1 aromatic carbocycles. The second-order valence-electron chi connectivity index (χ2n) is 8.92. The van der Waals surface area contributed by atoms with Gasteiger partial charge in [-0.3, -0.25) is 0 Å². The van der Waals surface area contributed by atoms with Gasteiger partial charge in [0, 0.05) is 31.2 Å². The summed E-state index contributed by atoms with van der Waals surface area (Å²) in [5.41, 5.74) is 0.141. The van der Waals surface area contributed by atoms with Crippen LogP contribution in [0.5, 0.6) is 0 Å². The quantitative estimate of drug-likeness (QED) is 0.256. The molecule has 7 nitrogen and oxygen atoms in total. The summed E-state index contributed by atoms with van der Waals surface area (Å²) in [6.07, 6.45) is 3.37. The minimum atomic E-state index is -3.61. The Morgan fingerprint density at radius 2 is 1.81 bits per heavy atom. The van der Waals surface area contributed by atoms with Crippen LogP contribution in [0.15, 0.2) is 34.2 Å². The predicted octanol–water partition coefficient (Wildman–Crippen LogP) is 3.31. The molecule has 0 aliphatic carbocycles. The molecule has 1 aromatic rings. The number of nitrogens with one attached hydrogen (secondary N) is 3. The number of piperidine rings is 1. The molecule has 0 radical (unpaired) electrons. The highest BCUT2D eigenvalue weighted by atomic mass is 127. The molecular weight excluding hydrogens is 525 g/mol. The third-order valence-corrected chi connectivity index (χ3v) is 6.78. The number of nitrogens with zero attached hydrogens (tertiary/aromatic N) is 2. The summed E-state index contributed by atoms with van der Waals surface area (Å²) < 4.78 is 28.4. The smallest absolute Gasteiger partial charge is 0.241 e. The lowest BCUT2D eigenvalue weighted by Crippen LogP contribution is -2.48. The van der Waals surface area contributed by atoms with Gasteiger partial charge >= 0.3 is 0 Å². The van der Waals surface area contributed by atoms with Crippen LogP contribution in [0.3, 0.4) is 0 Å². The highest BCUT2D eigenvalue weighted by Crippen LogP contribution is 2.19. The molecule has 178 valence electrons. The van der Waals surface area contributed by atoms with Crippen LogP contribution in [0, 0.1) is 0 Å². The molecule has 2 rings (SSSR count). The fourth-order valence-corrected chi connectivity index (χ4v) is 5.30. The van der Waals surface area contributed by atoms with Gasteiger partial charge in [-0.25, -0.2) is 18.1 Å². The van der Waals surface area contributed by atoms with E-state index in [4.69, 9.17) is 4.99 Å². The maximum atomic E-state index is 12.8. The Balaban J connectivity index is 0.00000480. The van der Waals surface area contributed by atoms with Crippen LogP contribution in [-0.2, 0) is 16.6 Å². The zero-order valence-electron chi connectivity index (χ0n) is 19.6. The van der Waals surface area contributed by atoms with Gasteiger partial charge in [-0.15, -0.1) is 24.0 Å². The van der Waals surface area contributed by atoms with E-state index in [9.17, 15) is 8.42 Å². The topological polar surface area (TPSA) is 85.8 Å². The fourth-order valence-electron chi connectivity index (χ4n) is 3.65. The largest absolute Gasteiger partial charge is 0.357 e. The predicted molar refractivity (Wildman–Crippen MR) is 140 cm³/mol. The van der Waals surface area contributed by atoms with Gasteiger partial charge in [-0.2, -0.15) is 0 Å². The molecule has 1 heterocycles. The Morgan fingerprint density at radius 3 is 2.39 bits per heavy atom. The zero-order chi connectivity index (χ0) is 22.2. The van der Waals surface area contributed by atoms with Crippen LogP contribution >= 0.6 is 24.0 Å². The van der Waals surface area contributed by atoms with Crippen LogP contribution in [0.25, 0.3) is 0 Å². The number of hydrogen-bond acceptors (Lipinski definition) is 4. The lowest BCUT2D eigenvalue weighted by molar-refractivity contribution is 0.206. The first-order chi connectivity index (χ1) is 14.1. The van der Waals surface area contributed by atoms with Crippen molar-refractivity contribution in [2.45, 2.75) is 76.9 Å². The molecule has 0 spiro atoms. The van der Waals surface area contributed by atoms with Gasteiger partial charge in [0.2, 0.25) is 10.0 Å². The second-order valence-corrected chi connectivity index (χ2v) is 10.6. The van der Waals surface area contributed by atoms with E-state index < -0.39 is 15.6 Å². The molecule has 1 saturated heterocycles. The van der Waals surface area contributed by atoms with Crippen molar-refractivity contribution in [3.63, 3.8) is 0 Å². The summed E-state index contributed by atoms with van der Waals surface area (Å²) in [4.78, 5) is 7.48. The Kier molecular flexibility index (Phi) is 11.8. The van der Waals surface area contributed by atoms with Crippen LogP contribution in [0.2, 0.25) is 0 Å². The first-order valence-electron chi connectivity index (χ1n) is 11.0. The number of guanidine groups is 1. The van der Waals surface area contributed by atoms with Crippen molar-refractivity contribution in [2.75, 3.05) is 26.2 Å². The van der Waals surface area contributed by atoms with E-state index in [1.165, 1.54) is 6.42 Å². The van der Waals surface area contributed by atoms with Gasteiger partial charge in [0.15, 0.2) is 5.96 Å². The normalized spacial score (nSPS) is 16.6. The molecule has 1 fully saturated rings. The van der Waals surface area contributed by atoms with Crippen molar-refractivity contribution in [3.05, 3.63) is 29.8 Å². The van der Waals surface area contributed by atoms with E-state index in [1.54, 1.807) is 12.1 Å². The SMILES string of the molecule is CCCN1CCC(NC(=NCc2ccccc2S(=O)(=O)NC(C)(C)C)NCC)CC1.I. The molecule has 31 heavy (non-hydrogen) atoms. The lowest BCUT2D eigenvalue weighted by atomic mass is 10.1. The Labute approximate surface area is 205 Å². The zero-order valence-corrected chi connectivity index (χ0v) is 22.7. The van der Waals surface area contributed by atoms with E-state index in [-0.39, 0.29) is 28.9 Å². The Hall–Kier alpha value is -0.910. The fraction of sp³-hybridized carbons (Fsp3) is 0.682. The Morgan fingerprint density at radius 1 is 1.16 bits per heavy atom. The molecule has 0 atom stereocenters. The number of halogens is 1. The maximum Gasteiger partial charge on any atom is 0.241 e. The summed E-state index contributed by atoms with van der Waals surface area (Å²) in [7, 11) is -3.61. The van der Waals surface area contributed by atoms with Gasteiger partial charge in [-0.05, 0) is 65.1 Å². The van der Waals surface area contributed by atoms with Crippen LogP contribution in [0.4, 0.5) is 0 Å². The van der Waals surface area contributed by atoms with E-state index >= 15 is 0 Å². The number of likely N-dealkylation sites (tertiary alicyclic amines) is 1. The van der Waals surface area contributed by atoms with E-state index in [2.05, 4.69) is 27.2 Å². The first kappa shape index (κ1) is 28.1. The standard InChI is InChI=1S/C22H39N5O2S.HI/c1-6-14-27-15-12-19(13-16-27)25-21(23-7-2)24-17-18-10-8-9-11-20(18)30(28,29)26-22(3,4)5;/h8-11,19,26H,6-7,12-17H2,1-5H3,(H2,23,24,25);1H. The summed E-state index contributed by atoms with van der Waals surface area (Å²) in [6, 6.07) is 7.45. The molecule has 1 aliphatic rings. The minimum absolute atomic E-state index is 0. The van der Waals surface area contributed by atoms with Crippen molar-refractivity contribution in [2.24, 2.45) is 4.99 Å². The van der Waals surface area contributed by atoms with E-state index in [0.717, 1.165) is 45.0 Å². The number of aliphatic imine (C=N–C) groups is 1. The van der Waals surface area contributed by atoms with Gasteiger partial charge in [0.1, 0.15) is 0 Å². The number of sulfonamides is 1. The van der Waals surface area contributed by atoms with Crippen molar-refractivity contribution < 1.29 is 8.42 Å². The van der Waals surface area contributed by atoms with Crippen molar-refractivity contribution in [1.29, 1.82) is 0 Å². The third kappa shape index (κ3) is 9.63. The molecule has 0 unspecified atom stereocenters. The molecule has 1 aliphatic heterocycles. The average Bonchev–Trinajstić information content (AvgIpc) is 2.66. The van der Waals surface area contributed by atoms with Crippen LogP contribution < -0.4 is 15.4 Å². The van der Waals surface area contributed by atoms with E-state index in [0.29, 0.717) is 18.2 Å². The van der Waals surface area contributed by atoms with Crippen molar-refractivity contribution >= 4 is 40.0 Å². The van der Waals surface area contributed by atoms with E-state index in [1.807, 2.05) is 39.8 Å². The molecule has 0 saturated carbocycles. The Bertz CT molecular complexity index is 800. The molecule has 0 amide bonds. The molecule has 3 N–H and O–H groups in total. The summed E-state index contributed by atoms with van der Waals surface area (Å²) >= 11 is 0. The molecular formula is C22H40IN5O2S. The molecule has 0 bridgehead atoms. The third-order valence-electron chi connectivity index (χ3n) is 4.92. The summed E-state index contributed by atoms with van der Waals surface area (Å²) in [5.74, 6) is 0.738. The van der Waals surface area contributed by atoms with Crippen molar-refractivity contribution in [1.82, 2.24) is 20.3 Å². The van der Waals surface area contributed by atoms with Crippen LogP contribution in [0.1, 0.15) is 59.4 Å². The summed E-state index contributed by atoms with van der Waals surface area (Å²) in [6.45, 7) is 14.2. The second kappa shape index (κ2) is 13.0. The number of benzene rings is 1. The maximum absolute atomic E-state index is 12.8. The monoisotopic (exact) mass is 565 g/mol. The van der Waals surface area contributed by atoms with Gasteiger partial charge in [0.25, 0.3) is 0 Å². The first-order valence-corrected chi connectivity index (χ1v) is 12.5. The lowest BCUT2D eigenvalue weighted by Gasteiger charge is -2.32. The minimum Gasteiger partial charge on any atom is -0.357 e. The summed E-state index contributed by atoms with van der Waals surface area (Å²) in [5, 5.41) is 6.83. The van der Waals surface area contributed by atoms with Gasteiger partial charge in [-0.1, -0.05) is 25.1 Å². The van der Waals surface area contributed by atoms with Crippen LogP contribution in [-0.4, -0.2) is 57.0 Å².